The number of H-pyrrole nitrogens is 1. The van der Waals surface area contributed by atoms with E-state index in [9.17, 15) is 18.3 Å². The van der Waals surface area contributed by atoms with Crippen LogP contribution in [0.3, 0.4) is 0 Å². The van der Waals surface area contributed by atoms with Crippen LogP contribution in [0, 0.1) is 0 Å². The normalized spacial score (nSPS) is 16.1. The number of nitrogens with one attached hydrogen (secondary N) is 1. The van der Waals surface area contributed by atoms with Crippen molar-refractivity contribution in [2.75, 3.05) is 19.4 Å². The molecule has 3 heterocycles. The lowest BCUT2D eigenvalue weighted by Crippen LogP contribution is -2.32. The van der Waals surface area contributed by atoms with Crippen LogP contribution in [-0.4, -0.2) is 58.7 Å². The molecule has 2 N–H and O–H groups in total. The Kier molecular flexibility index (Phi) is 6.00. The number of imidazole rings is 1. The Hall–Kier alpha value is -3.76. The molecule has 0 aliphatic carbocycles. The van der Waals surface area contributed by atoms with Gasteiger partial charge in [-0.1, -0.05) is 6.07 Å². The summed E-state index contributed by atoms with van der Waals surface area (Å²) in [6.07, 6.45) is 4.37. The minimum absolute atomic E-state index is 0.198. The number of aromatic amines is 1. The maximum atomic E-state index is 12.4. The molecule has 35 heavy (non-hydrogen) atoms. The van der Waals surface area contributed by atoms with E-state index in [0.717, 1.165) is 30.2 Å². The Balaban J connectivity index is 1.59. The molecule has 2 aromatic heterocycles. The van der Waals surface area contributed by atoms with E-state index in [-0.39, 0.29) is 16.8 Å². The third-order valence-electron chi connectivity index (χ3n) is 6.07. The number of pyridine rings is 1. The summed E-state index contributed by atoms with van der Waals surface area (Å²) in [5, 5.41) is 9.46. The average molecular weight is 493 g/mol. The lowest BCUT2D eigenvalue weighted by molar-refractivity contribution is -0.135. The van der Waals surface area contributed by atoms with Crippen molar-refractivity contribution in [2.45, 2.75) is 23.8 Å². The summed E-state index contributed by atoms with van der Waals surface area (Å²) >= 11 is 0. The lowest BCUT2D eigenvalue weighted by Gasteiger charge is -2.26. The first-order chi connectivity index (χ1) is 16.8. The van der Waals surface area contributed by atoms with Crippen LogP contribution in [0.15, 0.2) is 65.7 Å². The van der Waals surface area contributed by atoms with Crippen molar-refractivity contribution in [3.63, 3.8) is 0 Å². The number of rotatable bonds is 6. The number of nitrogens with zero attached hydrogens (tertiary/aromatic N) is 3. The summed E-state index contributed by atoms with van der Waals surface area (Å²) in [5.41, 5.74) is 2.90. The number of benzene rings is 2. The second kappa shape index (κ2) is 9.12. The maximum absolute atomic E-state index is 12.4. The average Bonchev–Trinajstić information content (AvgIpc) is 3.50. The Labute approximate surface area is 202 Å². The molecule has 1 unspecified atom stereocenters. The third kappa shape index (κ3) is 4.62. The minimum atomic E-state index is -3.33. The quantitative estimate of drug-likeness (QED) is 0.422. The van der Waals surface area contributed by atoms with Gasteiger partial charge in [0.2, 0.25) is 5.91 Å². The number of likely N-dealkylation sites (tertiary alicyclic amines) is 1. The van der Waals surface area contributed by atoms with E-state index in [0.29, 0.717) is 35.1 Å². The predicted octanol–water partition coefficient (Wildman–Crippen LogP) is 3.48. The van der Waals surface area contributed by atoms with Gasteiger partial charge < -0.3 is 19.7 Å². The first-order valence-electron chi connectivity index (χ1n) is 11.2. The molecule has 9 nitrogen and oxygen atoms in total. The van der Waals surface area contributed by atoms with E-state index in [2.05, 4.69) is 15.0 Å². The highest BCUT2D eigenvalue weighted by Gasteiger charge is 2.32. The van der Waals surface area contributed by atoms with Crippen LogP contribution >= 0.6 is 0 Å². The van der Waals surface area contributed by atoms with Crippen molar-refractivity contribution >= 4 is 26.8 Å². The van der Waals surface area contributed by atoms with Gasteiger partial charge in [0.1, 0.15) is 23.8 Å². The van der Waals surface area contributed by atoms with Crippen LogP contribution < -0.4 is 4.74 Å². The number of aliphatic hydroxyl groups is 1. The molecule has 0 saturated carbocycles. The van der Waals surface area contributed by atoms with Gasteiger partial charge in [0.15, 0.2) is 15.7 Å². The smallest absolute Gasteiger partial charge is 0.248 e. The molecular formula is C25H24N4O5S. The van der Waals surface area contributed by atoms with E-state index < -0.39 is 16.4 Å². The fourth-order valence-corrected chi connectivity index (χ4v) is 5.02. The van der Waals surface area contributed by atoms with Gasteiger partial charge in [-0.3, -0.25) is 9.78 Å². The largest absolute Gasteiger partial charge is 0.457 e. The molecule has 5 rings (SSSR count). The van der Waals surface area contributed by atoms with E-state index in [1.165, 1.54) is 12.1 Å². The zero-order valence-electron chi connectivity index (χ0n) is 19.0. The molecule has 1 aliphatic rings. The number of fused-ring (bicyclic) bond motifs is 1. The molecule has 1 saturated heterocycles. The summed E-state index contributed by atoms with van der Waals surface area (Å²) in [7, 11) is -3.33. The topological polar surface area (TPSA) is 125 Å². The summed E-state index contributed by atoms with van der Waals surface area (Å²) < 4.78 is 29.8. The van der Waals surface area contributed by atoms with Gasteiger partial charge in [0.25, 0.3) is 0 Å². The first kappa shape index (κ1) is 23.0. The zero-order valence-corrected chi connectivity index (χ0v) is 19.8. The number of sulfone groups is 1. The number of aliphatic hydroxyl groups excluding tert-OH is 1. The van der Waals surface area contributed by atoms with Gasteiger partial charge in [0.05, 0.1) is 22.0 Å². The van der Waals surface area contributed by atoms with E-state index >= 15 is 0 Å². The fraction of sp³-hybridized carbons (Fsp3) is 0.240. The number of carbonyl (C=O) groups is 1. The number of amides is 1. The third-order valence-corrected chi connectivity index (χ3v) is 7.20. The zero-order chi connectivity index (χ0) is 24.6. The molecule has 0 bridgehead atoms. The minimum Gasteiger partial charge on any atom is -0.457 e. The molecule has 1 amide bonds. The van der Waals surface area contributed by atoms with Crippen molar-refractivity contribution in [3.05, 3.63) is 66.4 Å². The molecule has 1 aliphatic heterocycles. The van der Waals surface area contributed by atoms with Gasteiger partial charge in [0, 0.05) is 30.6 Å². The van der Waals surface area contributed by atoms with Crippen LogP contribution in [-0.2, 0) is 14.6 Å². The van der Waals surface area contributed by atoms with Crippen molar-refractivity contribution in [3.8, 4) is 23.0 Å². The summed E-state index contributed by atoms with van der Waals surface area (Å²) in [4.78, 5) is 26.6. The monoisotopic (exact) mass is 492 g/mol. The summed E-state index contributed by atoms with van der Waals surface area (Å²) in [6.45, 7) is -0.0114. The highest BCUT2D eigenvalue weighted by Crippen LogP contribution is 2.41. The molecule has 180 valence electrons. The maximum Gasteiger partial charge on any atom is 0.248 e. The highest BCUT2D eigenvalue weighted by atomic mass is 32.2. The predicted molar refractivity (Wildman–Crippen MR) is 130 cm³/mol. The van der Waals surface area contributed by atoms with Crippen LogP contribution in [0.5, 0.6) is 11.5 Å². The number of aromatic nitrogens is 3. The van der Waals surface area contributed by atoms with Gasteiger partial charge in [-0.2, -0.15) is 0 Å². The van der Waals surface area contributed by atoms with Gasteiger partial charge in [-0.05, 0) is 55.3 Å². The molecule has 0 spiro atoms. The van der Waals surface area contributed by atoms with Crippen molar-refractivity contribution < 1.29 is 23.1 Å². The molecular weight excluding hydrogens is 468 g/mol. The van der Waals surface area contributed by atoms with Gasteiger partial charge in [-0.25, -0.2) is 13.4 Å². The molecule has 2 aromatic carbocycles. The highest BCUT2D eigenvalue weighted by molar-refractivity contribution is 7.90. The van der Waals surface area contributed by atoms with Crippen LogP contribution in [0.1, 0.15) is 24.4 Å². The number of ether oxygens (including phenoxy) is 1. The molecule has 0 radical (unpaired) electrons. The van der Waals surface area contributed by atoms with Crippen LogP contribution in [0.4, 0.5) is 0 Å². The van der Waals surface area contributed by atoms with Crippen molar-refractivity contribution in [2.24, 2.45) is 0 Å². The molecule has 1 atom stereocenters. The van der Waals surface area contributed by atoms with Crippen molar-refractivity contribution in [1.29, 1.82) is 0 Å². The van der Waals surface area contributed by atoms with E-state index in [4.69, 9.17) is 4.74 Å². The van der Waals surface area contributed by atoms with Crippen LogP contribution in [0.2, 0.25) is 0 Å². The van der Waals surface area contributed by atoms with E-state index in [1.54, 1.807) is 29.3 Å². The van der Waals surface area contributed by atoms with Gasteiger partial charge >= 0.3 is 0 Å². The second-order valence-electron chi connectivity index (χ2n) is 8.46. The van der Waals surface area contributed by atoms with Crippen LogP contribution in [0.25, 0.3) is 22.6 Å². The summed E-state index contributed by atoms with van der Waals surface area (Å²) in [5.74, 6) is 1.23. The Morgan fingerprint density at radius 2 is 2.00 bits per heavy atom. The SMILES string of the molecule is CS(=O)(=O)c1ccc(Oc2cc3nc(-c4ccccn4)[nH]c3cc2C2CCCN2C(=O)CO)cc1. The molecule has 10 heteroatoms. The Bertz CT molecular complexity index is 1480. The number of hydrogen-bond acceptors (Lipinski definition) is 7. The van der Waals surface area contributed by atoms with E-state index in [1.807, 2.05) is 24.3 Å². The number of hydrogen-bond donors (Lipinski definition) is 2. The standard InChI is InChI=1S/C25H24N4O5S/c1-35(32,33)17-9-7-16(8-10-17)34-23-14-21-20(27-25(28-21)19-5-2-3-11-26-19)13-18(23)22-6-4-12-29(22)24(31)15-30/h2-3,5,7-11,13-14,22,30H,4,6,12,15H2,1H3,(H,27,28). The number of carbonyl (C=O) groups excluding carboxylic acids is 1. The fourth-order valence-electron chi connectivity index (χ4n) is 4.39. The van der Waals surface area contributed by atoms with Crippen molar-refractivity contribution in [1.82, 2.24) is 19.9 Å². The Morgan fingerprint density at radius 1 is 1.20 bits per heavy atom. The second-order valence-corrected chi connectivity index (χ2v) is 10.5. The lowest BCUT2D eigenvalue weighted by atomic mass is 10.0. The first-order valence-corrected chi connectivity index (χ1v) is 13.1. The molecule has 4 aromatic rings. The Morgan fingerprint density at radius 3 is 2.69 bits per heavy atom. The molecule has 1 fully saturated rings. The summed E-state index contributed by atoms with van der Waals surface area (Å²) in [6, 6.07) is 15.2. The van der Waals surface area contributed by atoms with Gasteiger partial charge in [-0.15, -0.1) is 0 Å².